The van der Waals surface area contributed by atoms with Gasteiger partial charge < -0.3 is 16.0 Å². The highest BCUT2D eigenvalue weighted by molar-refractivity contribution is 9.10. The van der Waals surface area contributed by atoms with Gasteiger partial charge >= 0.3 is 0 Å². The molecule has 0 amide bonds. The Morgan fingerprint density at radius 1 is 1.47 bits per heavy atom. The van der Waals surface area contributed by atoms with Crippen LogP contribution in [0.4, 0.5) is 11.6 Å². The zero-order valence-electron chi connectivity index (χ0n) is 9.00. The Balaban J connectivity index is 2.41. The number of hydrogen-bond donors (Lipinski definition) is 2. The van der Waals surface area contributed by atoms with E-state index in [1.165, 1.54) is 6.33 Å². The Hall–Kier alpha value is -0.880. The number of nitrogens with two attached hydrogens (primary N) is 1. The van der Waals surface area contributed by atoms with Crippen LogP contribution < -0.4 is 11.1 Å². The molecule has 15 heavy (non-hydrogen) atoms. The van der Waals surface area contributed by atoms with Crippen molar-refractivity contribution in [3.05, 3.63) is 10.8 Å². The van der Waals surface area contributed by atoms with Crippen LogP contribution in [-0.2, 0) is 0 Å². The van der Waals surface area contributed by atoms with E-state index in [9.17, 15) is 0 Å². The first-order valence-corrected chi connectivity index (χ1v) is 5.55. The van der Waals surface area contributed by atoms with Gasteiger partial charge in [-0.3, -0.25) is 0 Å². The van der Waals surface area contributed by atoms with Crippen molar-refractivity contribution in [2.24, 2.45) is 0 Å². The van der Waals surface area contributed by atoms with Crippen molar-refractivity contribution in [1.82, 2.24) is 14.9 Å². The molecule has 0 aliphatic rings. The molecule has 3 N–H and O–H groups in total. The molecule has 0 unspecified atom stereocenters. The maximum absolute atomic E-state index is 5.63. The third-order valence-corrected chi connectivity index (χ3v) is 2.67. The molecule has 0 saturated carbocycles. The highest BCUT2D eigenvalue weighted by Gasteiger charge is 2.04. The zero-order valence-corrected chi connectivity index (χ0v) is 10.6. The molecule has 0 atom stereocenters. The van der Waals surface area contributed by atoms with Crippen molar-refractivity contribution in [2.45, 2.75) is 6.42 Å². The summed E-state index contributed by atoms with van der Waals surface area (Å²) in [6.07, 6.45) is 2.51. The lowest BCUT2D eigenvalue weighted by atomic mass is 10.4. The first-order chi connectivity index (χ1) is 7.11. The second kappa shape index (κ2) is 5.87. The summed E-state index contributed by atoms with van der Waals surface area (Å²) in [6.45, 7) is 1.92. The fourth-order valence-corrected chi connectivity index (χ4v) is 1.45. The van der Waals surface area contributed by atoms with Crippen molar-refractivity contribution in [2.75, 3.05) is 38.2 Å². The third kappa shape index (κ3) is 4.01. The van der Waals surface area contributed by atoms with Gasteiger partial charge in [0.1, 0.15) is 22.4 Å². The summed E-state index contributed by atoms with van der Waals surface area (Å²) in [5.74, 6) is 1.21. The molecule has 1 heterocycles. The van der Waals surface area contributed by atoms with Gasteiger partial charge in [-0.25, -0.2) is 9.97 Å². The minimum absolute atomic E-state index is 0.458. The van der Waals surface area contributed by atoms with Crippen LogP contribution in [0.5, 0.6) is 0 Å². The SMILES string of the molecule is CN(C)CCCNc1ncnc(N)c1Br. The summed E-state index contributed by atoms with van der Waals surface area (Å²) in [4.78, 5) is 10.1. The van der Waals surface area contributed by atoms with E-state index in [4.69, 9.17) is 5.73 Å². The van der Waals surface area contributed by atoms with Gasteiger partial charge in [0.2, 0.25) is 0 Å². The summed E-state index contributed by atoms with van der Waals surface area (Å²) in [5.41, 5.74) is 5.63. The number of hydrogen-bond acceptors (Lipinski definition) is 5. The van der Waals surface area contributed by atoms with Crippen LogP contribution in [0.25, 0.3) is 0 Å². The quantitative estimate of drug-likeness (QED) is 0.789. The van der Waals surface area contributed by atoms with Crippen LogP contribution in [0.3, 0.4) is 0 Å². The van der Waals surface area contributed by atoms with Crippen LogP contribution in [0.2, 0.25) is 0 Å². The van der Waals surface area contributed by atoms with Gasteiger partial charge in [0, 0.05) is 6.54 Å². The highest BCUT2D eigenvalue weighted by Crippen LogP contribution is 2.23. The van der Waals surface area contributed by atoms with E-state index in [0.717, 1.165) is 29.8 Å². The molecule has 0 aliphatic carbocycles. The van der Waals surface area contributed by atoms with E-state index >= 15 is 0 Å². The summed E-state index contributed by atoms with van der Waals surface area (Å²) < 4.78 is 0.731. The molecule has 0 bridgehead atoms. The molecule has 0 aromatic carbocycles. The smallest absolute Gasteiger partial charge is 0.145 e. The van der Waals surface area contributed by atoms with Crippen LogP contribution in [0.1, 0.15) is 6.42 Å². The predicted molar refractivity (Wildman–Crippen MR) is 65.8 cm³/mol. The Morgan fingerprint density at radius 3 is 2.87 bits per heavy atom. The monoisotopic (exact) mass is 273 g/mol. The first-order valence-electron chi connectivity index (χ1n) is 4.76. The minimum atomic E-state index is 0.458. The van der Waals surface area contributed by atoms with E-state index < -0.39 is 0 Å². The van der Waals surface area contributed by atoms with E-state index in [1.807, 2.05) is 0 Å². The number of nitrogen functional groups attached to an aromatic ring is 1. The van der Waals surface area contributed by atoms with Gasteiger partial charge in [0.15, 0.2) is 0 Å². The van der Waals surface area contributed by atoms with E-state index in [2.05, 4.69) is 50.2 Å². The third-order valence-electron chi connectivity index (χ3n) is 1.89. The fourth-order valence-electron chi connectivity index (χ4n) is 1.11. The molecule has 0 aliphatic heterocycles. The molecular formula is C9H16BrN5. The van der Waals surface area contributed by atoms with Crippen LogP contribution >= 0.6 is 15.9 Å². The summed E-state index contributed by atoms with van der Waals surface area (Å²) >= 11 is 3.34. The van der Waals surface area contributed by atoms with E-state index in [0.29, 0.717) is 5.82 Å². The lowest BCUT2D eigenvalue weighted by molar-refractivity contribution is 0.405. The summed E-state index contributed by atoms with van der Waals surface area (Å²) in [6, 6.07) is 0. The van der Waals surface area contributed by atoms with Crippen molar-refractivity contribution >= 4 is 27.6 Å². The van der Waals surface area contributed by atoms with Gasteiger partial charge in [0.25, 0.3) is 0 Å². The number of nitrogens with one attached hydrogen (secondary N) is 1. The number of anilines is 2. The highest BCUT2D eigenvalue weighted by atomic mass is 79.9. The molecule has 0 radical (unpaired) electrons. The number of rotatable bonds is 5. The van der Waals surface area contributed by atoms with Gasteiger partial charge in [-0.2, -0.15) is 0 Å². The van der Waals surface area contributed by atoms with Crippen molar-refractivity contribution in [3.8, 4) is 0 Å². The maximum Gasteiger partial charge on any atom is 0.145 e. The average Bonchev–Trinajstić information content (AvgIpc) is 2.18. The largest absolute Gasteiger partial charge is 0.383 e. The van der Waals surface area contributed by atoms with Crippen LogP contribution in [0.15, 0.2) is 10.8 Å². The summed E-state index contributed by atoms with van der Waals surface area (Å²) in [5, 5.41) is 3.20. The molecule has 0 fully saturated rings. The molecule has 1 aromatic rings. The van der Waals surface area contributed by atoms with Gasteiger partial charge in [-0.15, -0.1) is 0 Å². The predicted octanol–water partition coefficient (Wildman–Crippen LogP) is 1.18. The molecular weight excluding hydrogens is 258 g/mol. The molecule has 0 spiro atoms. The number of nitrogens with zero attached hydrogens (tertiary/aromatic N) is 3. The van der Waals surface area contributed by atoms with Crippen molar-refractivity contribution in [1.29, 1.82) is 0 Å². The van der Waals surface area contributed by atoms with Crippen molar-refractivity contribution in [3.63, 3.8) is 0 Å². The lowest BCUT2D eigenvalue weighted by Crippen LogP contribution is -2.17. The standard InChI is InChI=1S/C9H16BrN5/c1-15(2)5-3-4-12-9-7(10)8(11)13-6-14-9/h6H,3-5H2,1-2H3,(H3,11,12,13,14). The topological polar surface area (TPSA) is 67.1 Å². The van der Waals surface area contributed by atoms with Gasteiger partial charge in [-0.1, -0.05) is 0 Å². The Morgan fingerprint density at radius 2 is 2.20 bits per heavy atom. The second-order valence-corrected chi connectivity index (χ2v) is 4.30. The Labute approximate surface area is 98.2 Å². The molecule has 1 aromatic heterocycles. The zero-order chi connectivity index (χ0) is 11.3. The van der Waals surface area contributed by atoms with E-state index in [1.54, 1.807) is 0 Å². The number of aromatic nitrogens is 2. The van der Waals surface area contributed by atoms with E-state index in [-0.39, 0.29) is 0 Å². The molecule has 84 valence electrons. The second-order valence-electron chi connectivity index (χ2n) is 3.51. The lowest BCUT2D eigenvalue weighted by Gasteiger charge is -2.11. The molecule has 1 rings (SSSR count). The molecule has 6 heteroatoms. The molecule has 0 saturated heterocycles. The molecule has 5 nitrogen and oxygen atoms in total. The summed E-state index contributed by atoms with van der Waals surface area (Å²) in [7, 11) is 4.11. The first kappa shape index (κ1) is 12.2. The fraction of sp³-hybridized carbons (Fsp3) is 0.556. The average molecular weight is 274 g/mol. The van der Waals surface area contributed by atoms with Gasteiger partial charge in [-0.05, 0) is 43.0 Å². The Bertz CT molecular complexity index is 315. The maximum atomic E-state index is 5.63. The minimum Gasteiger partial charge on any atom is -0.383 e. The normalized spacial score (nSPS) is 10.7. The van der Waals surface area contributed by atoms with Crippen molar-refractivity contribution < 1.29 is 0 Å². The van der Waals surface area contributed by atoms with Crippen LogP contribution in [0, 0.1) is 0 Å². The van der Waals surface area contributed by atoms with Gasteiger partial charge in [0.05, 0.1) is 0 Å². The number of halogens is 1. The van der Waals surface area contributed by atoms with Crippen LogP contribution in [-0.4, -0.2) is 42.1 Å². The Kier molecular flexibility index (Phi) is 4.77.